The standard InChI is InChI=1S/C8H11N3O3S/c1-5(12)11-6(7(13)14)4-15-8-9-2-3-10-8/h2-3,6H,4H2,1H3,(H,9,10)(H,11,12)(H,13,14). The van der Waals surface area contributed by atoms with Crippen LogP contribution in [-0.2, 0) is 9.59 Å². The number of carboxylic acids is 1. The number of aliphatic carboxylic acids is 1. The Morgan fingerprint density at radius 3 is 2.93 bits per heavy atom. The Labute approximate surface area is 90.5 Å². The van der Waals surface area contributed by atoms with E-state index in [0.29, 0.717) is 5.16 Å². The van der Waals surface area contributed by atoms with Crippen LogP contribution in [0.5, 0.6) is 0 Å². The van der Waals surface area contributed by atoms with Crippen molar-refractivity contribution in [1.29, 1.82) is 0 Å². The van der Waals surface area contributed by atoms with Gasteiger partial charge in [-0.25, -0.2) is 9.78 Å². The van der Waals surface area contributed by atoms with Crippen LogP contribution in [-0.4, -0.2) is 38.7 Å². The summed E-state index contributed by atoms with van der Waals surface area (Å²) in [5.74, 6) is -1.17. The van der Waals surface area contributed by atoms with Crippen LogP contribution in [0.1, 0.15) is 6.92 Å². The zero-order chi connectivity index (χ0) is 11.3. The number of carboxylic acid groups (broad SMARTS) is 1. The van der Waals surface area contributed by atoms with Crippen LogP contribution in [0, 0.1) is 0 Å². The third-order valence-electron chi connectivity index (χ3n) is 1.54. The van der Waals surface area contributed by atoms with E-state index in [2.05, 4.69) is 15.3 Å². The average Bonchev–Trinajstić information content (AvgIpc) is 2.63. The van der Waals surface area contributed by atoms with Crippen molar-refractivity contribution < 1.29 is 14.7 Å². The number of imidazole rings is 1. The van der Waals surface area contributed by atoms with Gasteiger partial charge in [0.05, 0.1) is 0 Å². The van der Waals surface area contributed by atoms with E-state index in [9.17, 15) is 9.59 Å². The van der Waals surface area contributed by atoms with E-state index in [-0.39, 0.29) is 11.7 Å². The molecule has 1 aromatic rings. The molecule has 0 fully saturated rings. The summed E-state index contributed by atoms with van der Waals surface area (Å²) in [6.07, 6.45) is 3.23. The number of aromatic nitrogens is 2. The molecule has 1 heterocycles. The number of amides is 1. The predicted molar refractivity (Wildman–Crippen MR) is 54.6 cm³/mol. The van der Waals surface area contributed by atoms with Crippen LogP contribution in [0.3, 0.4) is 0 Å². The molecule has 82 valence electrons. The van der Waals surface area contributed by atoms with Gasteiger partial charge in [0.15, 0.2) is 5.16 Å². The SMILES string of the molecule is CC(=O)NC(CSc1ncc[nH]1)C(=O)O. The lowest BCUT2D eigenvalue weighted by Gasteiger charge is -2.11. The van der Waals surface area contributed by atoms with Gasteiger partial charge in [0.2, 0.25) is 5.91 Å². The smallest absolute Gasteiger partial charge is 0.327 e. The first-order chi connectivity index (χ1) is 7.09. The monoisotopic (exact) mass is 229 g/mol. The first kappa shape index (κ1) is 11.6. The first-order valence-electron chi connectivity index (χ1n) is 4.21. The molecule has 0 radical (unpaired) electrons. The Hall–Kier alpha value is -1.50. The van der Waals surface area contributed by atoms with Gasteiger partial charge in [-0.1, -0.05) is 11.8 Å². The lowest BCUT2D eigenvalue weighted by molar-refractivity contribution is -0.140. The van der Waals surface area contributed by atoms with Gasteiger partial charge in [-0.05, 0) is 0 Å². The van der Waals surface area contributed by atoms with Gasteiger partial charge in [-0.2, -0.15) is 0 Å². The fourth-order valence-corrected chi connectivity index (χ4v) is 1.75. The highest BCUT2D eigenvalue weighted by Gasteiger charge is 2.18. The summed E-state index contributed by atoms with van der Waals surface area (Å²) in [4.78, 5) is 28.2. The summed E-state index contributed by atoms with van der Waals surface area (Å²) in [5, 5.41) is 11.8. The lowest BCUT2D eigenvalue weighted by Crippen LogP contribution is -2.41. The molecule has 0 aliphatic rings. The van der Waals surface area contributed by atoms with Crippen LogP contribution < -0.4 is 5.32 Å². The number of thioether (sulfide) groups is 1. The number of hydrogen-bond acceptors (Lipinski definition) is 4. The molecule has 1 aromatic heterocycles. The molecule has 0 aliphatic heterocycles. The van der Waals surface area contributed by atoms with Crippen LogP contribution in [0.4, 0.5) is 0 Å². The third-order valence-corrected chi connectivity index (χ3v) is 2.53. The second kappa shape index (κ2) is 5.40. The topological polar surface area (TPSA) is 95.1 Å². The van der Waals surface area contributed by atoms with E-state index >= 15 is 0 Å². The van der Waals surface area contributed by atoms with Crippen molar-refractivity contribution in [2.24, 2.45) is 0 Å². The molecule has 0 bridgehead atoms. The molecule has 0 saturated carbocycles. The summed E-state index contributed by atoms with van der Waals surface area (Å²) < 4.78 is 0. The maximum absolute atomic E-state index is 10.7. The lowest BCUT2D eigenvalue weighted by atomic mass is 10.3. The fourth-order valence-electron chi connectivity index (χ4n) is 0.912. The van der Waals surface area contributed by atoms with E-state index in [1.807, 2.05) is 0 Å². The van der Waals surface area contributed by atoms with Crippen molar-refractivity contribution in [3.8, 4) is 0 Å². The predicted octanol–water partition coefficient (Wildman–Crippen LogP) is 0.0911. The molecule has 15 heavy (non-hydrogen) atoms. The number of carbonyl (C=O) groups is 2. The molecule has 1 unspecified atom stereocenters. The maximum atomic E-state index is 10.7. The molecule has 0 spiro atoms. The van der Waals surface area contributed by atoms with Crippen LogP contribution >= 0.6 is 11.8 Å². The molecule has 7 heteroatoms. The average molecular weight is 229 g/mol. The van der Waals surface area contributed by atoms with Gasteiger partial charge < -0.3 is 15.4 Å². The Balaban J connectivity index is 2.45. The number of H-pyrrole nitrogens is 1. The van der Waals surface area contributed by atoms with Crippen LogP contribution in [0.2, 0.25) is 0 Å². The number of rotatable bonds is 5. The molecule has 6 nitrogen and oxygen atoms in total. The molecule has 0 aliphatic carbocycles. The van der Waals surface area contributed by atoms with E-state index < -0.39 is 12.0 Å². The molecular weight excluding hydrogens is 218 g/mol. The molecule has 3 N–H and O–H groups in total. The van der Waals surface area contributed by atoms with E-state index in [1.165, 1.54) is 18.7 Å². The van der Waals surface area contributed by atoms with Crippen molar-refractivity contribution >= 4 is 23.6 Å². The van der Waals surface area contributed by atoms with Gasteiger partial charge in [-0.15, -0.1) is 0 Å². The highest BCUT2D eigenvalue weighted by molar-refractivity contribution is 7.99. The Bertz CT molecular complexity index is 339. The Morgan fingerprint density at radius 2 is 2.47 bits per heavy atom. The minimum Gasteiger partial charge on any atom is -0.480 e. The molecule has 1 amide bonds. The highest BCUT2D eigenvalue weighted by atomic mass is 32.2. The zero-order valence-corrected chi connectivity index (χ0v) is 8.87. The fraction of sp³-hybridized carbons (Fsp3) is 0.375. The number of hydrogen-bond donors (Lipinski definition) is 3. The second-order valence-electron chi connectivity index (χ2n) is 2.80. The van der Waals surface area contributed by atoms with Crippen molar-refractivity contribution in [2.45, 2.75) is 18.1 Å². The largest absolute Gasteiger partial charge is 0.480 e. The molecule has 0 saturated heterocycles. The summed E-state index contributed by atoms with van der Waals surface area (Å²) >= 11 is 1.24. The maximum Gasteiger partial charge on any atom is 0.327 e. The zero-order valence-electron chi connectivity index (χ0n) is 8.06. The quantitative estimate of drug-likeness (QED) is 0.622. The van der Waals surface area contributed by atoms with Crippen LogP contribution in [0.25, 0.3) is 0 Å². The van der Waals surface area contributed by atoms with Gasteiger partial charge in [-0.3, -0.25) is 4.79 Å². The van der Waals surface area contributed by atoms with Crippen molar-refractivity contribution in [1.82, 2.24) is 15.3 Å². The minimum absolute atomic E-state index is 0.239. The van der Waals surface area contributed by atoms with Crippen LogP contribution in [0.15, 0.2) is 17.6 Å². The van der Waals surface area contributed by atoms with E-state index in [0.717, 1.165) is 0 Å². The number of nitrogens with one attached hydrogen (secondary N) is 2. The molecule has 1 atom stereocenters. The van der Waals surface area contributed by atoms with Gasteiger partial charge in [0.1, 0.15) is 6.04 Å². The summed E-state index contributed by atoms with van der Waals surface area (Å²) in [7, 11) is 0. The van der Waals surface area contributed by atoms with E-state index in [1.54, 1.807) is 12.4 Å². The summed E-state index contributed by atoms with van der Waals surface area (Å²) in [6.45, 7) is 1.29. The Kier molecular flexibility index (Phi) is 4.17. The normalized spacial score (nSPS) is 12.1. The highest BCUT2D eigenvalue weighted by Crippen LogP contribution is 2.12. The van der Waals surface area contributed by atoms with Gasteiger partial charge >= 0.3 is 5.97 Å². The Morgan fingerprint density at radius 1 is 1.73 bits per heavy atom. The first-order valence-corrected chi connectivity index (χ1v) is 5.20. The van der Waals surface area contributed by atoms with Gasteiger partial charge in [0.25, 0.3) is 0 Å². The van der Waals surface area contributed by atoms with Crippen molar-refractivity contribution in [3.05, 3.63) is 12.4 Å². The number of aromatic amines is 1. The minimum atomic E-state index is -1.05. The van der Waals surface area contributed by atoms with Crippen molar-refractivity contribution in [2.75, 3.05) is 5.75 Å². The number of nitrogens with zero attached hydrogens (tertiary/aromatic N) is 1. The van der Waals surface area contributed by atoms with Crippen molar-refractivity contribution in [3.63, 3.8) is 0 Å². The molecular formula is C8H11N3O3S. The molecule has 1 rings (SSSR count). The van der Waals surface area contributed by atoms with Gasteiger partial charge in [0, 0.05) is 25.1 Å². The van der Waals surface area contributed by atoms with E-state index in [4.69, 9.17) is 5.11 Å². The summed E-state index contributed by atoms with van der Waals surface area (Å²) in [5.41, 5.74) is 0. The molecule has 0 aromatic carbocycles. The second-order valence-corrected chi connectivity index (χ2v) is 3.81. The summed E-state index contributed by atoms with van der Waals surface area (Å²) in [6, 6.07) is -0.891. The third kappa shape index (κ3) is 4.03. The number of carbonyl (C=O) groups excluding carboxylic acids is 1.